The van der Waals surface area contributed by atoms with E-state index in [0.29, 0.717) is 11.4 Å². The van der Waals surface area contributed by atoms with Gasteiger partial charge >= 0.3 is 5.91 Å². The van der Waals surface area contributed by atoms with Crippen LogP contribution in [0.2, 0.25) is 10.0 Å². The molecule has 0 spiro atoms. The molecule has 274 valence electrons. The van der Waals surface area contributed by atoms with Crippen molar-refractivity contribution in [1.82, 2.24) is 9.97 Å². The van der Waals surface area contributed by atoms with E-state index in [1.165, 1.54) is 54.9 Å². The monoisotopic (exact) mass is 782 g/mol. The lowest BCUT2D eigenvalue weighted by atomic mass is 9.98. The van der Waals surface area contributed by atoms with E-state index in [1.54, 1.807) is 59.3 Å². The Balaban J connectivity index is 0.969. The fourth-order valence-corrected chi connectivity index (χ4v) is 7.12. The molecule has 0 radical (unpaired) electrons. The summed E-state index contributed by atoms with van der Waals surface area (Å²) in [6.45, 7) is 0. The molecule has 0 aliphatic carbocycles. The SMILES string of the molecule is O=C(Nc1ccc(N2C(=O)c3cccnc3C2=O)c(Cl)c1)c1cc(-[n+]2ccccc2C(=O)Nc2ccc(N3C(=O)CC(c4ccccc4)C3=O)c(Cl)c2)ccn1. The highest BCUT2D eigenvalue weighted by molar-refractivity contribution is 6.40. The van der Waals surface area contributed by atoms with E-state index in [4.69, 9.17) is 23.2 Å². The highest BCUT2D eigenvalue weighted by atomic mass is 35.5. The van der Waals surface area contributed by atoms with E-state index in [0.717, 1.165) is 15.4 Å². The zero-order chi connectivity index (χ0) is 39.1. The van der Waals surface area contributed by atoms with Crippen LogP contribution in [-0.2, 0) is 9.59 Å². The molecular formula is C41H26Cl2N7O6+. The van der Waals surface area contributed by atoms with Crippen molar-refractivity contribution < 1.29 is 33.3 Å². The van der Waals surface area contributed by atoms with Crippen molar-refractivity contribution in [3.63, 3.8) is 0 Å². The van der Waals surface area contributed by atoms with Crippen molar-refractivity contribution in [3.8, 4) is 5.69 Å². The third kappa shape index (κ3) is 6.54. The van der Waals surface area contributed by atoms with Crippen LogP contribution in [0.25, 0.3) is 5.69 Å². The Bertz CT molecular complexity index is 2620. The van der Waals surface area contributed by atoms with Crippen LogP contribution in [0, 0.1) is 0 Å². The first-order chi connectivity index (χ1) is 27.1. The highest BCUT2D eigenvalue weighted by Gasteiger charge is 2.41. The lowest BCUT2D eigenvalue weighted by Crippen LogP contribution is -2.39. The molecule has 0 bridgehead atoms. The van der Waals surface area contributed by atoms with Gasteiger partial charge in [0.05, 0.1) is 32.9 Å². The van der Waals surface area contributed by atoms with Crippen LogP contribution in [0.4, 0.5) is 22.7 Å². The molecule has 2 aliphatic rings. The number of hydrogen-bond donors (Lipinski definition) is 2. The maximum atomic E-state index is 13.6. The molecule has 3 aromatic carbocycles. The van der Waals surface area contributed by atoms with Crippen molar-refractivity contribution >= 4 is 81.4 Å². The average Bonchev–Trinajstić information content (AvgIpc) is 3.65. The number of anilines is 4. The Morgan fingerprint density at radius 1 is 0.679 bits per heavy atom. The number of hydrogen-bond acceptors (Lipinski definition) is 8. The molecule has 15 heteroatoms. The molecule has 6 amide bonds. The number of carbonyl (C=O) groups is 6. The third-order valence-electron chi connectivity index (χ3n) is 9.24. The number of aromatic nitrogens is 3. The molecule has 0 saturated carbocycles. The zero-order valence-electron chi connectivity index (χ0n) is 28.9. The van der Waals surface area contributed by atoms with Crippen molar-refractivity contribution in [2.45, 2.75) is 12.3 Å². The number of nitrogens with one attached hydrogen (secondary N) is 2. The van der Waals surface area contributed by atoms with Crippen LogP contribution in [0.1, 0.15) is 59.7 Å². The van der Waals surface area contributed by atoms with Gasteiger partial charge in [-0.25, -0.2) is 9.80 Å². The summed E-state index contributed by atoms with van der Waals surface area (Å²) in [5.41, 5.74) is 2.53. The second-order valence-electron chi connectivity index (χ2n) is 12.7. The number of halogens is 2. The number of rotatable bonds is 8. The Hall–Kier alpha value is -7.09. The first kappa shape index (κ1) is 35.9. The number of amides is 6. The molecule has 3 aromatic heterocycles. The number of fused-ring (bicyclic) bond motifs is 1. The number of pyridine rings is 3. The lowest BCUT2D eigenvalue weighted by Gasteiger charge is -2.17. The summed E-state index contributed by atoms with van der Waals surface area (Å²) in [6.07, 6.45) is 4.50. The number of nitrogens with zero attached hydrogens (tertiary/aromatic N) is 5. The normalized spacial score (nSPS) is 14.9. The van der Waals surface area contributed by atoms with Crippen molar-refractivity contribution in [2.75, 3.05) is 20.4 Å². The standard InChI is InChI=1S/C41H25Cl2N7O6/c42-29-20-25(11-13-32(29)49-35(51)22-28(40(49)55)23-7-2-1-3-8-23)47-38(53)34-10-4-5-18-48(34)26-15-17-44-31(21-26)37(52)46-24-12-14-33(30(43)19-24)50-39(54)27-9-6-16-45-36(27)41(50)56/h1-21,28H,22H2,(H-,46,47,52,53)/p+1. The van der Waals surface area contributed by atoms with Crippen LogP contribution < -0.4 is 25.0 Å². The molecule has 1 atom stereocenters. The van der Waals surface area contributed by atoms with Gasteiger partial charge in [-0.1, -0.05) is 53.5 Å². The van der Waals surface area contributed by atoms with Crippen LogP contribution in [-0.4, -0.2) is 45.4 Å². The molecule has 2 N–H and O–H groups in total. The Morgan fingerprint density at radius 2 is 1.36 bits per heavy atom. The zero-order valence-corrected chi connectivity index (χ0v) is 30.4. The van der Waals surface area contributed by atoms with Gasteiger partial charge in [-0.05, 0) is 60.2 Å². The molecule has 56 heavy (non-hydrogen) atoms. The largest absolute Gasteiger partial charge is 0.321 e. The minimum atomic E-state index is -0.615. The summed E-state index contributed by atoms with van der Waals surface area (Å²) in [7, 11) is 0. The summed E-state index contributed by atoms with van der Waals surface area (Å²) in [5, 5.41) is 5.66. The molecule has 1 saturated heterocycles. The van der Waals surface area contributed by atoms with E-state index in [2.05, 4.69) is 20.6 Å². The Morgan fingerprint density at radius 3 is 2.05 bits per heavy atom. The topological polar surface area (TPSA) is 163 Å². The minimum absolute atomic E-state index is 0.0136. The van der Waals surface area contributed by atoms with Gasteiger partial charge in [-0.3, -0.25) is 38.7 Å². The number of carbonyl (C=O) groups excluding carboxylic acids is 6. The van der Waals surface area contributed by atoms with E-state index in [9.17, 15) is 28.8 Å². The molecule has 8 rings (SSSR count). The Kier molecular flexibility index (Phi) is 9.38. The maximum Gasteiger partial charge on any atom is 0.320 e. The smallest absolute Gasteiger partial charge is 0.320 e. The van der Waals surface area contributed by atoms with Crippen LogP contribution in [0.3, 0.4) is 0 Å². The van der Waals surface area contributed by atoms with Gasteiger partial charge in [0.25, 0.3) is 23.4 Å². The van der Waals surface area contributed by atoms with Gasteiger partial charge in [-0.2, -0.15) is 4.57 Å². The number of benzene rings is 3. The summed E-state index contributed by atoms with van der Waals surface area (Å²) < 4.78 is 1.57. The summed E-state index contributed by atoms with van der Waals surface area (Å²) in [5.74, 6) is -3.65. The highest BCUT2D eigenvalue weighted by Crippen LogP contribution is 2.38. The van der Waals surface area contributed by atoms with Crippen molar-refractivity contribution in [1.29, 1.82) is 0 Å². The molecule has 1 unspecified atom stereocenters. The van der Waals surface area contributed by atoms with Gasteiger partial charge in [0, 0.05) is 54.5 Å². The van der Waals surface area contributed by atoms with E-state index >= 15 is 0 Å². The van der Waals surface area contributed by atoms with Crippen molar-refractivity contribution in [3.05, 3.63) is 166 Å². The average molecular weight is 784 g/mol. The fraction of sp³-hybridized carbons (Fsp3) is 0.0488. The molecule has 1 fully saturated rings. The second-order valence-corrected chi connectivity index (χ2v) is 13.5. The van der Waals surface area contributed by atoms with Crippen LogP contribution >= 0.6 is 23.2 Å². The van der Waals surface area contributed by atoms with Crippen molar-refractivity contribution in [2.24, 2.45) is 0 Å². The van der Waals surface area contributed by atoms with E-state index in [1.807, 2.05) is 18.2 Å². The van der Waals surface area contributed by atoms with Gasteiger partial charge in [0.1, 0.15) is 11.4 Å². The molecule has 5 heterocycles. The van der Waals surface area contributed by atoms with E-state index in [-0.39, 0.29) is 68.0 Å². The van der Waals surface area contributed by atoms with Gasteiger partial charge in [-0.15, -0.1) is 0 Å². The minimum Gasteiger partial charge on any atom is -0.321 e. The third-order valence-corrected chi connectivity index (χ3v) is 9.84. The van der Waals surface area contributed by atoms with Crippen LogP contribution in [0.15, 0.2) is 128 Å². The summed E-state index contributed by atoms with van der Waals surface area (Å²) in [4.78, 5) is 89.3. The van der Waals surface area contributed by atoms with Gasteiger partial charge < -0.3 is 10.6 Å². The summed E-state index contributed by atoms with van der Waals surface area (Å²) >= 11 is 13.1. The predicted octanol–water partition coefficient (Wildman–Crippen LogP) is 6.41. The van der Waals surface area contributed by atoms with Gasteiger partial charge in [0.15, 0.2) is 6.20 Å². The fourth-order valence-electron chi connectivity index (χ4n) is 6.59. The second kappa shape index (κ2) is 14.6. The Labute approximate surface area is 328 Å². The first-order valence-electron chi connectivity index (χ1n) is 17.0. The van der Waals surface area contributed by atoms with Crippen LogP contribution in [0.5, 0.6) is 0 Å². The number of imide groups is 2. The lowest BCUT2D eigenvalue weighted by molar-refractivity contribution is -0.598. The summed E-state index contributed by atoms with van der Waals surface area (Å²) in [6, 6.07) is 29.1. The molecule has 2 aliphatic heterocycles. The molecule has 6 aromatic rings. The maximum absolute atomic E-state index is 13.6. The molecule has 13 nitrogen and oxygen atoms in total. The van der Waals surface area contributed by atoms with E-state index < -0.39 is 29.5 Å². The van der Waals surface area contributed by atoms with Gasteiger partial charge in [0.2, 0.25) is 17.5 Å². The predicted molar refractivity (Wildman–Crippen MR) is 206 cm³/mol. The first-order valence-corrected chi connectivity index (χ1v) is 17.8. The quantitative estimate of drug-likeness (QED) is 0.132. The molecular weight excluding hydrogens is 757 g/mol.